The van der Waals surface area contributed by atoms with Crippen molar-refractivity contribution in [2.24, 2.45) is 0 Å². The maximum absolute atomic E-state index is 13.1. The van der Waals surface area contributed by atoms with Gasteiger partial charge in [-0.2, -0.15) is 0 Å². The number of hydrogen-bond acceptors (Lipinski definition) is 4. The van der Waals surface area contributed by atoms with Crippen molar-refractivity contribution < 1.29 is 4.39 Å². The largest absolute Gasteiger partial charge is 0.370 e. The highest BCUT2D eigenvalue weighted by atomic mass is 32.2. The molecule has 0 bridgehead atoms. The van der Waals surface area contributed by atoms with Crippen LogP contribution >= 0.6 is 11.8 Å². The van der Waals surface area contributed by atoms with Gasteiger partial charge in [0.1, 0.15) is 17.5 Å². The molecule has 1 aliphatic rings. The Balaban J connectivity index is 1.78. The molecule has 0 atom stereocenters. The second-order valence-corrected chi connectivity index (χ2v) is 5.66. The molecule has 0 saturated heterocycles. The van der Waals surface area contributed by atoms with E-state index in [0.29, 0.717) is 17.4 Å². The molecule has 0 radical (unpaired) electrons. The number of thioether (sulfide) groups is 1. The molecule has 2 aromatic rings. The summed E-state index contributed by atoms with van der Waals surface area (Å²) in [4.78, 5) is 20.0. The monoisotopic (exact) mass is 291 g/mol. The molecule has 104 valence electrons. The van der Waals surface area contributed by atoms with Crippen LogP contribution in [0.5, 0.6) is 0 Å². The van der Waals surface area contributed by atoms with Crippen molar-refractivity contribution in [2.75, 3.05) is 11.9 Å². The van der Waals surface area contributed by atoms with Crippen LogP contribution in [0.25, 0.3) is 0 Å². The first-order chi connectivity index (χ1) is 9.72. The molecule has 0 saturated carbocycles. The maximum atomic E-state index is 13.1. The fraction of sp³-hybridized carbons (Fsp3) is 0.286. The van der Waals surface area contributed by atoms with E-state index in [4.69, 9.17) is 0 Å². The Labute approximate surface area is 119 Å². The van der Waals surface area contributed by atoms with Gasteiger partial charge < -0.3 is 10.3 Å². The summed E-state index contributed by atoms with van der Waals surface area (Å²) in [6.45, 7) is 0.847. The van der Waals surface area contributed by atoms with Crippen LogP contribution in [-0.4, -0.2) is 16.5 Å². The van der Waals surface area contributed by atoms with Crippen molar-refractivity contribution in [2.45, 2.75) is 23.5 Å². The third kappa shape index (κ3) is 2.85. The van der Waals surface area contributed by atoms with Gasteiger partial charge in [0, 0.05) is 11.4 Å². The fourth-order valence-corrected chi connectivity index (χ4v) is 2.98. The summed E-state index contributed by atoms with van der Waals surface area (Å²) in [6.07, 6.45) is 1.72. The summed E-state index contributed by atoms with van der Waals surface area (Å²) in [6, 6.07) is 6.39. The maximum Gasteiger partial charge on any atom is 0.256 e. The molecule has 4 nitrogen and oxygen atoms in total. The van der Waals surface area contributed by atoms with E-state index in [0.717, 1.165) is 29.8 Å². The molecule has 1 aliphatic heterocycles. The summed E-state index contributed by atoms with van der Waals surface area (Å²) in [5.74, 6) is 1.55. The number of aromatic nitrogens is 2. The third-order valence-electron chi connectivity index (χ3n) is 3.13. The van der Waals surface area contributed by atoms with Crippen molar-refractivity contribution in [3.63, 3.8) is 0 Å². The first kappa shape index (κ1) is 13.2. The van der Waals surface area contributed by atoms with Crippen LogP contribution in [0.2, 0.25) is 0 Å². The zero-order valence-electron chi connectivity index (χ0n) is 10.8. The molecule has 1 aromatic carbocycles. The van der Waals surface area contributed by atoms with Crippen molar-refractivity contribution in [3.05, 3.63) is 51.8 Å². The van der Waals surface area contributed by atoms with Gasteiger partial charge in [0.2, 0.25) is 0 Å². The molecule has 0 aliphatic carbocycles. The fourth-order valence-electron chi connectivity index (χ4n) is 2.17. The number of H-pyrrole nitrogens is 1. The molecule has 2 heterocycles. The predicted octanol–water partition coefficient (Wildman–Crippen LogP) is 2.56. The van der Waals surface area contributed by atoms with E-state index in [9.17, 15) is 9.18 Å². The highest BCUT2D eigenvalue weighted by Crippen LogP contribution is 2.23. The van der Waals surface area contributed by atoms with E-state index in [1.165, 1.54) is 23.9 Å². The highest BCUT2D eigenvalue weighted by Gasteiger charge is 2.15. The van der Waals surface area contributed by atoms with Crippen molar-refractivity contribution in [1.82, 2.24) is 9.97 Å². The molecule has 0 spiro atoms. The molecule has 6 heteroatoms. The zero-order valence-corrected chi connectivity index (χ0v) is 11.6. The van der Waals surface area contributed by atoms with Gasteiger partial charge >= 0.3 is 0 Å². The van der Waals surface area contributed by atoms with Gasteiger partial charge in [-0.1, -0.05) is 6.07 Å². The standard InChI is InChI=1S/C14H14FN3OS/c15-9-3-1-4-10(7-9)20-8-12-17-13-11(14(19)18-12)5-2-6-16-13/h1,3-4,7H,2,5-6,8H2,(H2,16,17,18,19). The first-order valence-electron chi connectivity index (χ1n) is 6.47. The second-order valence-electron chi connectivity index (χ2n) is 4.62. The minimum atomic E-state index is -0.261. The van der Waals surface area contributed by atoms with Crippen LogP contribution in [0.3, 0.4) is 0 Å². The Morgan fingerprint density at radius 3 is 3.15 bits per heavy atom. The smallest absolute Gasteiger partial charge is 0.256 e. The highest BCUT2D eigenvalue weighted by molar-refractivity contribution is 7.98. The number of anilines is 1. The van der Waals surface area contributed by atoms with E-state index < -0.39 is 0 Å². The lowest BCUT2D eigenvalue weighted by molar-refractivity contribution is 0.624. The number of fused-ring (bicyclic) bond motifs is 1. The molecule has 0 unspecified atom stereocenters. The molecule has 1 aromatic heterocycles. The number of nitrogens with zero attached hydrogens (tertiary/aromatic N) is 1. The lowest BCUT2D eigenvalue weighted by Crippen LogP contribution is -2.24. The van der Waals surface area contributed by atoms with E-state index in [1.54, 1.807) is 6.07 Å². The normalized spacial score (nSPS) is 13.7. The lowest BCUT2D eigenvalue weighted by Gasteiger charge is -2.16. The summed E-state index contributed by atoms with van der Waals surface area (Å²) < 4.78 is 13.1. The van der Waals surface area contributed by atoms with Crippen molar-refractivity contribution in [3.8, 4) is 0 Å². The Morgan fingerprint density at radius 1 is 1.40 bits per heavy atom. The summed E-state index contributed by atoms with van der Waals surface area (Å²) in [5.41, 5.74) is 0.660. The third-order valence-corrected chi connectivity index (χ3v) is 4.14. The molecule has 20 heavy (non-hydrogen) atoms. The Bertz CT molecular complexity index is 686. The van der Waals surface area contributed by atoms with Gasteiger partial charge in [-0.25, -0.2) is 9.37 Å². The average Bonchev–Trinajstić information content (AvgIpc) is 2.45. The number of hydrogen-bond donors (Lipinski definition) is 2. The molecule has 3 rings (SSSR count). The SMILES string of the molecule is O=c1[nH]c(CSc2cccc(F)c2)nc2c1CCCN2. The molecular weight excluding hydrogens is 277 g/mol. The number of halogens is 1. The Hall–Kier alpha value is -1.82. The van der Waals surface area contributed by atoms with Crippen molar-refractivity contribution in [1.29, 1.82) is 0 Å². The van der Waals surface area contributed by atoms with Gasteiger partial charge in [-0.3, -0.25) is 4.79 Å². The second kappa shape index (κ2) is 5.66. The van der Waals surface area contributed by atoms with Gasteiger partial charge in [0.25, 0.3) is 5.56 Å². The summed E-state index contributed by atoms with van der Waals surface area (Å²) in [5, 5.41) is 3.15. The van der Waals surface area contributed by atoms with E-state index in [1.807, 2.05) is 6.07 Å². The van der Waals surface area contributed by atoms with Gasteiger partial charge in [0.15, 0.2) is 0 Å². The zero-order chi connectivity index (χ0) is 13.9. The minimum Gasteiger partial charge on any atom is -0.370 e. The van der Waals surface area contributed by atoms with Crippen LogP contribution < -0.4 is 10.9 Å². The quantitative estimate of drug-likeness (QED) is 0.853. The van der Waals surface area contributed by atoms with E-state index in [2.05, 4.69) is 15.3 Å². The van der Waals surface area contributed by atoms with E-state index >= 15 is 0 Å². The van der Waals surface area contributed by atoms with Crippen molar-refractivity contribution >= 4 is 17.6 Å². The molecule has 0 fully saturated rings. The van der Waals surface area contributed by atoms with Crippen LogP contribution in [0, 0.1) is 5.82 Å². The molecular formula is C14H14FN3OS. The van der Waals surface area contributed by atoms with Crippen LogP contribution in [0.15, 0.2) is 34.0 Å². The lowest BCUT2D eigenvalue weighted by atomic mass is 10.1. The average molecular weight is 291 g/mol. The number of rotatable bonds is 3. The van der Waals surface area contributed by atoms with Gasteiger partial charge in [-0.15, -0.1) is 11.8 Å². The Morgan fingerprint density at radius 2 is 2.30 bits per heavy atom. The van der Waals surface area contributed by atoms with Gasteiger partial charge in [-0.05, 0) is 31.0 Å². The molecule has 0 amide bonds. The summed E-state index contributed by atoms with van der Waals surface area (Å²) in [7, 11) is 0. The number of nitrogens with one attached hydrogen (secondary N) is 2. The molecule has 2 N–H and O–H groups in total. The van der Waals surface area contributed by atoms with Crippen LogP contribution in [0.1, 0.15) is 17.8 Å². The first-order valence-corrected chi connectivity index (χ1v) is 7.45. The van der Waals surface area contributed by atoms with Crippen LogP contribution in [0.4, 0.5) is 10.2 Å². The summed E-state index contributed by atoms with van der Waals surface area (Å²) >= 11 is 1.45. The van der Waals surface area contributed by atoms with E-state index in [-0.39, 0.29) is 11.4 Å². The van der Waals surface area contributed by atoms with Gasteiger partial charge in [0.05, 0.1) is 11.3 Å². The number of aromatic amines is 1. The number of benzene rings is 1. The minimum absolute atomic E-state index is 0.0722. The predicted molar refractivity (Wildman–Crippen MR) is 77.6 cm³/mol. The topological polar surface area (TPSA) is 57.8 Å². The Kier molecular flexibility index (Phi) is 3.73. The van der Waals surface area contributed by atoms with Crippen LogP contribution in [-0.2, 0) is 12.2 Å².